The molecule has 0 spiro atoms. The third-order valence-electron chi connectivity index (χ3n) is 5.74. The summed E-state index contributed by atoms with van der Waals surface area (Å²) >= 11 is 0. The highest BCUT2D eigenvalue weighted by Crippen LogP contribution is 2.25. The lowest BCUT2D eigenvalue weighted by Gasteiger charge is -2.36. The molecule has 3 aromatic rings. The number of piperazine rings is 1. The maximum absolute atomic E-state index is 12.9. The number of nitrogens with two attached hydrogens (primary N) is 1. The van der Waals surface area contributed by atoms with Crippen molar-refractivity contribution in [2.24, 2.45) is 0 Å². The molecule has 0 bridgehead atoms. The highest BCUT2D eigenvalue weighted by Gasteiger charge is 2.24. The molecule has 3 heterocycles. The number of hydrogen-bond donors (Lipinski definition) is 2. The van der Waals surface area contributed by atoms with Crippen LogP contribution < -0.4 is 20.7 Å². The van der Waals surface area contributed by atoms with Gasteiger partial charge in [-0.1, -0.05) is 39.0 Å². The Morgan fingerprint density at radius 2 is 1.85 bits per heavy atom. The topological polar surface area (TPSA) is 110 Å². The van der Waals surface area contributed by atoms with Crippen molar-refractivity contribution in [1.29, 1.82) is 0 Å². The molecule has 1 fully saturated rings. The maximum atomic E-state index is 12.9. The van der Waals surface area contributed by atoms with Gasteiger partial charge in [0, 0.05) is 55.9 Å². The standard InChI is InChI=1S/C25H31N7O2/c1-25(2,3)19-7-4-8-20(16-19)29-24(33)32-14-12-31(13-15-32)22-18(6-5-10-27-22)17-34-21-9-11-28-23(26)30-21/h4-11,16H,12-15,17H2,1-3H3,(H,29,33)(H2,26,28,30). The molecule has 34 heavy (non-hydrogen) atoms. The maximum Gasteiger partial charge on any atom is 0.321 e. The van der Waals surface area contributed by atoms with Gasteiger partial charge < -0.3 is 25.6 Å². The molecule has 1 aliphatic heterocycles. The van der Waals surface area contributed by atoms with Gasteiger partial charge in [0.2, 0.25) is 11.8 Å². The van der Waals surface area contributed by atoms with Crippen LogP contribution in [0, 0.1) is 0 Å². The Labute approximate surface area is 200 Å². The van der Waals surface area contributed by atoms with Gasteiger partial charge in [0.25, 0.3) is 0 Å². The Morgan fingerprint density at radius 1 is 1.06 bits per heavy atom. The normalized spacial score (nSPS) is 14.1. The summed E-state index contributed by atoms with van der Waals surface area (Å²) < 4.78 is 5.79. The minimum absolute atomic E-state index is 0.0243. The number of anilines is 3. The van der Waals surface area contributed by atoms with Crippen LogP contribution in [0.2, 0.25) is 0 Å². The second-order valence-electron chi connectivity index (χ2n) is 9.26. The van der Waals surface area contributed by atoms with E-state index in [1.165, 1.54) is 5.56 Å². The van der Waals surface area contributed by atoms with E-state index in [4.69, 9.17) is 10.5 Å². The number of urea groups is 1. The first-order valence-electron chi connectivity index (χ1n) is 11.4. The summed E-state index contributed by atoms with van der Waals surface area (Å²) in [4.78, 5) is 29.4. The Balaban J connectivity index is 1.35. The molecule has 4 rings (SSSR count). The number of rotatable bonds is 5. The van der Waals surface area contributed by atoms with E-state index in [2.05, 4.69) is 52.0 Å². The van der Waals surface area contributed by atoms with Crippen LogP contribution >= 0.6 is 0 Å². The van der Waals surface area contributed by atoms with Crippen molar-refractivity contribution in [3.63, 3.8) is 0 Å². The van der Waals surface area contributed by atoms with Gasteiger partial charge in [-0.2, -0.15) is 4.98 Å². The van der Waals surface area contributed by atoms with Crippen molar-refractivity contribution in [2.75, 3.05) is 42.1 Å². The van der Waals surface area contributed by atoms with Gasteiger partial charge in [-0.15, -0.1) is 0 Å². The summed E-state index contributed by atoms with van der Waals surface area (Å²) in [5.74, 6) is 1.44. The van der Waals surface area contributed by atoms with Crippen molar-refractivity contribution in [3.8, 4) is 5.88 Å². The molecule has 0 radical (unpaired) electrons. The summed E-state index contributed by atoms with van der Waals surface area (Å²) in [7, 11) is 0. The first-order valence-corrected chi connectivity index (χ1v) is 11.4. The number of carbonyl (C=O) groups is 1. The predicted octanol–water partition coefficient (Wildman–Crippen LogP) is 3.68. The van der Waals surface area contributed by atoms with Crippen LogP contribution in [-0.2, 0) is 12.0 Å². The molecule has 0 unspecified atom stereocenters. The SMILES string of the molecule is CC(C)(C)c1cccc(NC(=O)N2CCN(c3ncccc3COc3ccnc(N)n3)CC2)c1. The van der Waals surface area contributed by atoms with Gasteiger partial charge in [0.1, 0.15) is 12.4 Å². The molecular weight excluding hydrogens is 430 g/mol. The van der Waals surface area contributed by atoms with Crippen LogP contribution in [0.4, 0.5) is 22.2 Å². The van der Waals surface area contributed by atoms with Gasteiger partial charge in [-0.3, -0.25) is 0 Å². The minimum Gasteiger partial charge on any atom is -0.473 e. The number of aromatic nitrogens is 3. The summed E-state index contributed by atoms with van der Waals surface area (Å²) in [6, 6.07) is 13.5. The molecule has 9 heteroatoms. The number of amides is 2. The van der Waals surface area contributed by atoms with Crippen LogP contribution in [0.15, 0.2) is 54.9 Å². The van der Waals surface area contributed by atoms with Gasteiger partial charge in [0.05, 0.1) is 0 Å². The van der Waals surface area contributed by atoms with E-state index >= 15 is 0 Å². The largest absolute Gasteiger partial charge is 0.473 e. The highest BCUT2D eigenvalue weighted by atomic mass is 16.5. The molecule has 3 N–H and O–H groups in total. The number of ether oxygens (including phenoxy) is 1. The Morgan fingerprint density at radius 3 is 2.59 bits per heavy atom. The fourth-order valence-corrected chi connectivity index (χ4v) is 3.80. The fraction of sp³-hybridized carbons (Fsp3) is 0.360. The number of carbonyl (C=O) groups excluding carboxylic acids is 1. The molecule has 0 aliphatic carbocycles. The molecule has 2 amide bonds. The van der Waals surface area contributed by atoms with Gasteiger partial charge in [-0.25, -0.2) is 14.8 Å². The number of nitrogens with one attached hydrogen (secondary N) is 1. The van der Waals surface area contributed by atoms with E-state index in [1.54, 1.807) is 18.5 Å². The Bertz CT molecular complexity index is 1140. The van der Waals surface area contributed by atoms with Crippen LogP contribution in [0.3, 0.4) is 0 Å². The van der Waals surface area contributed by atoms with Gasteiger partial charge in [0.15, 0.2) is 0 Å². The second kappa shape index (κ2) is 9.94. The summed E-state index contributed by atoms with van der Waals surface area (Å²) in [6.07, 6.45) is 3.33. The monoisotopic (exact) mass is 461 g/mol. The van der Waals surface area contributed by atoms with Gasteiger partial charge in [-0.05, 0) is 29.2 Å². The van der Waals surface area contributed by atoms with E-state index in [9.17, 15) is 4.79 Å². The molecule has 1 aliphatic rings. The van der Waals surface area contributed by atoms with E-state index in [0.29, 0.717) is 38.7 Å². The number of benzene rings is 1. The molecule has 178 valence electrons. The molecule has 9 nitrogen and oxygen atoms in total. The Hall–Kier alpha value is -3.88. The summed E-state index contributed by atoms with van der Waals surface area (Å²) in [5.41, 5.74) is 8.59. The molecular formula is C25H31N7O2. The first kappa shape index (κ1) is 23.3. The lowest BCUT2D eigenvalue weighted by molar-refractivity contribution is 0.208. The minimum atomic E-state index is -0.0864. The fourth-order valence-electron chi connectivity index (χ4n) is 3.80. The smallest absolute Gasteiger partial charge is 0.321 e. The van der Waals surface area contributed by atoms with Crippen LogP contribution in [0.25, 0.3) is 0 Å². The number of nitrogens with zero attached hydrogens (tertiary/aromatic N) is 5. The van der Waals surface area contributed by atoms with E-state index < -0.39 is 0 Å². The predicted molar refractivity (Wildman–Crippen MR) is 133 cm³/mol. The van der Waals surface area contributed by atoms with Crippen molar-refractivity contribution < 1.29 is 9.53 Å². The van der Waals surface area contributed by atoms with Crippen LogP contribution in [0.5, 0.6) is 5.88 Å². The lowest BCUT2D eigenvalue weighted by Crippen LogP contribution is -2.50. The molecule has 2 aromatic heterocycles. The zero-order chi connectivity index (χ0) is 24.1. The molecule has 0 atom stereocenters. The average Bonchev–Trinajstić information content (AvgIpc) is 2.83. The summed E-state index contributed by atoms with van der Waals surface area (Å²) in [5, 5.41) is 3.04. The summed E-state index contributed by atoms with van der Waals surface area (Å²) in [6.45, 7) is 9.35. The Kier molecular flexibility index (Phi) is 6.81. The average molecular weight is 462 g/mol. The second-order valence-corrected chi connectivity index (χ2v) is 9.26. The highest BCUT2D eigenvalue weighted by molar-refractivity contribution is 5.89. The van der Waals surface area contributed by atoms with E-state index in [-0.39, 0.29) is 17.4 Å². The number of pyridine rings is 1. The van der Waals surface area contributed by atoms with Crippen LogP contribution in [0.1, 0.15) is 31.9 Å². The van der Waals surface area contributed by atoms with Gasteiger partial charge >= 0.3 is 6.03 Å². The lowest BCUT2D eigenvalue weighted by atomic mass is 9.87. The first-order chi connectivity index (χ1) is 16.3. The molecule has 1 aromatic carbocycles. The number of nitrogen functional groups attached to an aromatic ring is 1. The van der Waals surface area contributed by atoms with Crippen molar-refractivity contribution in [2.45, 2.75) is 32.8 Å². The third-order valence-corrected chi connectivity index (χ3v) is 5.74. The van der Waals surface area contributed by atoms with E-state index in [1.807, 2.05) is 35.2 Å². The zero-order valence-corrected chi connectivity index (χ0v) is 19.9. The zero-order valence-electron chi connectivity index (χ0n) is 19.9. The molecule has 0 saturated carbocycles. The molecule has 1 saturated heterocycles. The quantitative estimate of drug-likeness (QED) is 0.596. The third kappa shape index (κ3) is 5.72. The van der Waals surface area contributed by atoms with Crippen molar-refractivity contribution in [1.82, 2.24) is 19.9 Å². The van der Waals surface area contributed by atoms with Crippen LogP contribution in [-0.4, -0.2) is 52.1 Å². The van der Waals surface area contributed by atoms with Crippen molar-refractivity contribution in [3.05, 3.63) is 66.0 Å². The van der Waals surface area contributed by atoms with E-state index in [0.717, 1.165) is 17.1 Å². The van der Waals surface area contributed by atoms with Crippen molar-refractivity contribution >= 4 is 23.5 Å². The number of hydrogen-bond acceptors (Lipinski definition) is 7.